The molecule has 0 aliphatic rings. The molecule has 0 aliphatic carbocycles. The van der Waals surface area contributed by atoms with E-state index in [0.717, 1.165) is 0 Å². The number of urea groups is 1. The zero-order valence-electron chi connectivity index (χ0n) is 12.9. The third kappa shape index (κ3) is 8.00. The number of carbonyl (C=O) groups is 4. The fourth-order valence-electron chi connectivity index (χ4n) is 1.82. The Labute approximate surface area is 133 Å². The zero-order valence-corrected chi connectivity index (χ0v) is 12.9. The lowest BCUT2D eigenvalue weighted by Gasteiger charge is -2.27. The number of unbranched alkanes of at least 4 members (excludes halogenated alkanes) is 1. The normalized spacial score (nSPS) is 14.3. The van der Waals surface area contributed by atoms with Crippen LogP contribution in [0.1, 0.15) is 39.0 Å². The summed E-state index contributed by atoms with van der Waals surface area (Å²) in [5, 5.41) is 31.0. The maximum atomic E-state index is 11.8. The van der Waals surface area contributed by atoms with E-state index in [2.05, 4.69) is 10.6 Å². The second-order valence-corrected chi connectivity index (χ2v) is 5.30. The van der Waals surface area contributed by atoms with E-state index in [9.17, 15) is 24.3 Å². The minimum Gasteiger partial charge on any atom is -0.481 e. The monoisotopic (exact) mass is 333 g/mol. The lowest BCUT2D eigenvalue weighted by molar-refractivity contribution is -0.144. The van der Waals surface area contributed by atoms with Crippen LogP contribution >= 0.6 is 0 Å². The van der Waals surface area contributed by atoms with E-state index in [-0.39, 0.29) is 12.8 Å². The van der Waals surface area contributed by atoms with Crippen LogP contribution < -0.4 is 16.4 Å². The van der Waals surface area contributed by atoms with Gasteiger partial charge in [0.25, 0.3) is 0 Å². The minimum absolute atomic E-state index is 0.125. The maximum Gasteiger partial charge on any atom is 0.329 e. The van der Waals surface area contributed by atoms with Crippen molar-refractivity contribution in [3.05, 3.63) is 0 Å². The molecule has 0 aliphatic heterocycles. The van der Waals surface area contributed by atoms with Crippen LogP contribution in [0.4, 0.5) is 4.79 Å². The van der Waals surface area contributed by atoms with Gasteiger partial charge in [0.1, 0.15) is 11.6 Å². The second kappa shape index (κ2) is 9.62. The number of aliphatic carboxylic acids is 3. The first kappa shape index (κ1) is 20.6. The van der Waals surface area contributed by atoms with Crippen molar-refractivity contribution in [2.75, 3.05) is 6.54 Å². The van der Waals surface area contributed by atoms with Crippen LogP contribution in [0.3, 0.4) is 0 Å². The molecule has 0 aromatic carbocycles. The molecule has 0 radical (unpaired) electrons. The van der Waals surface area contributed by atoms with Crippen molar-refractivity contribution < 1.29 is 34.5 Å². The smallest absolute Gasteiger partial charge is 0.329 e. The van der Waals surface area contributed by atoms with Crippen molar-refractivity contribution >= 4 is 23.9 Å². The Balaban J connectivity index is 4.73. The Morgan fingerprint density at radius 2 is 1.74 bits per heavy atom. The minimum atomic E-state index is -1.57. The predicted molar refractivity (Wildman–Crippen MR) is 78.9 cm³/mol. The number of hydrogen-bond acceptors (Lipinski definition) is 5. The summed E-state index contributed by atoms with van der Waals surface area (Å²) in [5.74, 6) is -3.86. The molecule has 0 bridgehead atoms. The van der Waals surface area contributed by atoms with Gasteiger partial charge in [-0.3, -0.25) is 4.79 Å². The van der Waals surface area contributed by atoms with E-state index in [1.807, 2.05) is 0 Å². The van der Waals surface area contributed by atoms with Crippen molar-refractivity contribution in [1.29, 1.82) is 0 Å². The van der Waals surface area contributed by atoms with E-state index in [0.29, 0.717) is 19.4 Å². The van der Waals surface area contributed by atoms with Crippen LogP contribution in [-0.4, -0.2) is 57.4 Å². The number of carbonyl (C=O) groups excluding carboxylic acids is 1. The van der Waals surface area contributed by atoms with Gasteiger partial charge in [0, 0.05) is 6.42 Å². The van der Waals surface area contributed by atoms with Gasteiger partial charge < -0.3 is 31.7 Å². The van der Waals surface area contributed by atoms with Crippen molar-refractivity contribution in [2.45, 2.75) is 50.6 Å². The molecule has 0 aromatic rings. The molecule has 10 nitrogen and oxygen atoms in total. The summed E-state index contributed by atoms with van der Waals surface area (Å²) in [4.78, 5) is 44.6. The Morgan fingerprint density at radius 3 is 2.17 bits per heavy atom. The van der Waals surface area contributed by atoms with E-state index in [1.54, 1.807) is 0 Å². The van der Waals surface area contributed by atoms with Gasteiger partial charge in [-0.05, 0) is 39.2 Å². The highest BCUT2D eigenvalue weighted by atomic mass is 16.4. The molecule has 0 saturated heterocycles. The first-order valence-corrected chi connectivity index (χ1v) is 7.09. The number of carboxylic acids is 3. The van der Waals surface area contributed by atoms with Gasteiger partial charge in [0.2, 0.25) is 0 Å². The first-order chi connectivity index (χ1) is 10.6. The third-order valence-electron chi connectivity index (χ3n) is 3.24. The van der Waals surface area contributed by atoms with Gasteiger partial charge >= 0.3 is 23.9 Å². The van der Waals surface area contributed by atoms with Gasteiger partial charge in [0.15, 0.2) is 0 Å². The topological polar surface area (TPSA) is 179 Å². The number of carboxylic acid groups (broad SMARTS) is 3. The van der Waals surface area contributed by atoms with Crippen LogP contribution in [0.2, 0.25) is 0 Å². The van der Waals surface area contributed by atoms with E-state index >= 15 is 0 Å². The molecule has 0 saturated carbocycles. The molecule has 0 fully saturated rings. The highest BCUT2D eigenvalue weighted by molar-refractivity contribution is 5.88. The summed E-state index contributed by atoms with van der Waals surface area (Å²) >= 11 is 0. The van der Waals surface area contributed by atoms with E-state index in [1.165, 1.54) is 6.92 Å². The van der Waals surface area contributed by atoms with Crippen molar-refractivity contribution in [1.82, 2.24) is 10.6 Å². The van der Waals surface area contributed by atoms with E-state index < -0.39 is 41.9 Å². The van der Waals surface area contributed by atoms with Gasteiger partial charge in [-0.15, -0.1) is 0 Å². The van der Waals surface area contributed by atoms with Crippen LogP contribution in [0.5, 0.6) is 0 Å². The van der Waals surface area contributed by atoms with Crippen LogP contribution in [0, 0.1) is 0 Å². The average molecular weight is 333 g/mol. The van der Waals surface area contributed by atoms with Crippen LogP contribution in [-0.2, 0) is 14.4 Å². The average Bonchev–Trinajstić information content (AvgIpc) is 2.42. The first-order valence-electron chi connectivity index (χ1n) is 7.09. The molecule has 0 spiro atoms. The van der Waals surface area contributed by atoms with Crippen LogP contribution in [0.15, 0.2) is 0 Å². The summed E-state index contributed by atoms with van der Waals surface area (Å²) in [6.07, 6.45) is 0.433. The molecule has 7 N–H and O–H groups in total. The maximum absolute atomic E-state index is 11.8. The van der Waals surface area contributed by atoms with Crippen molar-refractivity contribution in [2.24, 2.45) is 5.73 Å². The fourth-order valence-corrected chi connectivity index (χ4v) is 1.82. The van der Waals surface area contributed by atoms with Crippen LogP contribution in [0.25, 0.3) is 0 Å². The van der Waals surface area contributed by atoms with E-state index in [4.69, 9.17) is 15.9 Å². The molecule has 23 heavy (non-hydrogen) atoms. The molecule has 0 rings (SSSR count). The molecular weight excluding hydrogens is 310 g/mol. The number of nitrogens with two attached hydrogens (primary N) is 1. The van der Waals surface area contributed by atoms with Gasteiger partial charge in [-0.1, -0.05) is 0 Å². The van der Waals surface area contributed by atoms with Gasteiger partial charge in [0.05, 0.1) is 0 Å². The number of amides is 2. The van der Waals surface area contributed by atoms with Crippen molar-refractivity contribution in [3.63, 3.8) is 0 Å². The lowest BCUT2D eigenvalue weighted by Crippen LogP contribution is -2.57. The standard InChI is InChI=1S/C13H23N3O7/c1-13(11(21)22,6-2-3-7-14)16-12(23)15-8(10(19)20)4-5-9(17)18/h8H,2-7,14H2,1H3,(H,17,18)(H,19,20)(H,21,22)(H2,15,16,23)/t8-,13-/m0/s1. The fraction of sp³-hybridized carbons (Fsp3) is 0.692. The third-order valence-corrected chi connectivity index (χ3v) is 3.24. The van der Waals surface area contributed by atoms with Gasteiger partial charge in [-0.2, -0.15) is 0 Å². The van der Waals surface area contributed by atoms with Crippen molar-refractivity contribution in [3.8, 4) is 0 Å². The Kier molecular flexibility index (Phi) is 8.63. The lowest BCUT2D eigenvalue weighted by atomic mass is 9.95. The summed E-state index contributed by atoms with van der Waals surface area (Å²) in [7, 11) is 0. The summed E-state index contributed by atoms with van der Waals surface area (Å²) in [5.41, 5.74) is 3.76. The molecule has 2 atom stereocenters. The molecule has 0 heterocycles. The zero-order chi connectivity index (χ0) is 18.0. The summed E-state index contributed by atoms with van der Waals surface area (Å²) in [6, 6.07) is -2.41. The Morgan fingerprint density at radius 1 is 1.13 bits per heavy atom. The SMILES string of the molecule is C[C@@](CCCCN)(NC(=O)N[C@@H](CCC(=O)O)C(=O)O)C(=O)O. The highest BCUT2D eigenvalue weighted by Gasteiger charge is 2.35. The Hall–Kier alpha value is -2.36. The number of nitrogens with one attached hydrogen (secondary N) is 2. The largest absolute Gasteiger partial charge is 0.481 e. The second-order valence-electron chi connectivity index (χ2n) is 5.30. The summed E-state index contributed by atoms with van der Waals surface area (Å²) < 4.78 is 0. The Bertz CT molecular complexity index is 455. The molecule has 0 aromatic heterocycles. The van der Waals surface area contributed by atoms with Gasteiger partial charge in [-0.25, -0.2) is 14.4 Å². The molecule has 0 unspecified atom stereocenters. The predicted octanol–water partition coefficient (Wildman–Crippen LogP) is -0.424. The molecule has 2 amide bonds. The molecule has 10 heteroatoms. The highest BCUT2D eigenvalue weighted by Crippen LogP contribution is 2.14. The summed E-state index contributed by atoms with van der Waals surface area (Å²) in [6.45, 7) is 1.69. The number of rotatable bonds is 11. The number of hydrogen-bond donors (Lipinski definition) is 6. The molecular formula is C13H23N3O7. The molecule has 132 valence electrons. The quantitative estimate of drug-likeness (QED) is 0.276.